The van der Waals surface area contributed by atoms with Crippen LogP contribution in [0.5, 0.6) is 0 Å². The maximum absolute atomic E-state index is 12.2. The Hall–Kier alpha value is -1.76. The molecule has 0 amide bonds. The fourth-order valence-electron chi connectivity index (χ4n) is 1.90. The van der Waals surface area contributed by atoms with Gasteiger partial charge in [0.1, 0.15) is 0 Å². The summed E-state index contributed by atoms with van der Waals surface area (Å²) in [5.41, 5.74) is 1.54. The summed E-state index contributed by atoms with van der Waals surface area (Å²) in [5.74, 6) is 0. The van der Waals surface area contributed by atoms with Crippen molar-refractivity contribution in [3.63, 3.8) is 0 Å². The first-order valence-electron chi connectivity index (χ1n) is 6.65. The van der Waals surface area contributed by atoms with Crippen LogP contribution in [0.25, 0.3) is 0 Å². The van der Waals surface area contributed by atoms with Crippen molar-refractivity contribution in [3.05, 3.63) is 59.9 Å². The molecule has 6 heteroatoms. The van der Waals surface area contributed by atoms with Crippen LogP contribution in [0.2, 0.25) is 0 Å². The van der Waals surface area contributed by atoms with Crippen LogP contribution in [0.4, 0.5) is 0 Å². The molecule has 0 aliphatic heterocycles. The van der Waals surface area contributed by atoms with Crippen molar-refractivity contribution >= 4 is 10.0 Å². The summed E-state index contributed by atoms with van der Waals surface area (Å²) in [6, 6.07) is 10.0. The van der Waals surface area contributed by atoms with Crippen molar-refractivity contribution in [2.75, 3.05) is 6.54 Å². The highest BCUT2D eigenvalue weighted by molar-refractivity contribution is 7.89. The van der Waals surface area contributed by atoms with Crippen LogP contribution in [0, 0.1) is 0 Å². The van der Waals surface area contributed by atoms with Gasteiger partial charge in [-0.25, -0.2) is 13.1 Å². The molecule has 2 N–H and O–H groups in total. The molecule has 1 aromatic carbocycles. The number of sulfonamides is 1. The molecule has 0 radical (unpaired) electrons. The molecule has 21 heavy (non-hydrogen) atoms. The highest BCUT2D eigenvalue weighted by Gasteiger charge is 2.14. The van der Waals surface area contributed by atoms with Crippen LogP contribution < -0.4 is 4.72 Å². The summed E-state index contributed by atoms with van der Waals surface area (Å²) in [5, 5.41) is 9.52. The van der Waals surface area contributed by atoms with E-state index in [1.165, 1.54) is 12.1 Å². The van der Waals surface area contributed by atoms with E-state index < -0.39 is 16.1 Å². The fraction of sp³-hybridized carbons (Fsp3) is 0.267. The number of aliphatic hydroxyl groups excluding tert-OH is 1. The molecule has 0 saturated carbocycles. The Kier molecular flexibility index (Phi) is 5.06. The second-order valence-corrected chi connectivity index (χ2v) is 6.52. The van der Waals surface area contributed by atoms with Crippen LogP contribution in [0.3, 0.4) is 0 Å². The van der Waals surface area contributed by atoms with Gasteiger partial charge in [-0.15, -0.1) is 0 Å². The van der Waals surface area contributed by atoms with Crippen LogP contribution in [0.1, 0.15) is 24.2 Å². The number of rotatable bonds is 6. The van der Waals surface area contributed by atoms with E-state index in [-0.39, 0.29) is 4.90 Å². The third-order valence-corrected chi connectivity index (χ3v) is 4.54. The van der Waals surface area contributed by atoms with Gasteiger partial charge < -0.3 is 5.11 Å². The van der Waals surface area contributed by atoms with Crippen LogP contribution >= 0.6 is 0 Å². The number of aromatic nitrogens is 1. The summed E-state index contributed by atoms with van der Waals surface area (Å²) in [7, 11) is -3.57. The molecule has 0 aliphatic rings. The van der Waals surface area contributed by atoms with E-state index in [4.69, 9.17) is 0 Å². The first-order chi connectivity index (χ1) is 9.99. The zero-order chi connectivity index (χ0) is 15.3. The Morgan fingerprint density at radius 1 is 1.29 bits per heavy atom. The largest absolute Gasteiger partial charge is 0.389 e. The Bertz CT molecular complexity index is 685. The van der Waals surface area contributed by atoms with Crippen molar-refractivity contribution in [3.8, 4) is 0 Å². The smallest absolute Gasteiger partial charge is 0.240 e. The van der Waals surface area contributed by atoms with Gasteiger partial charge in [-0.05, 0) is 42.7 Å². The average molecular weight is 306 g/mol. The molecule has 1 atom stereocenters. The number of nitrogens with one attached hydrogen (secondary N) is 1. The van der Waals surface area contributed by atoms with Crippen molar-refractivity contribution in [2.45, 2.75) is 24.3 Å². The lowest BCUT2D eigenvalue weighted by Crippen LogP contribution is -2.26. The molecule has 112 valence electrons. The minimum Gasteiger partial charge on any atom is -0.389 e. The van der Waals surface area contributed by atoms with Crippen molar-refractivity contribution < 1.29 is 13.5 Å². The normalized spacial score (nSPS) is 13.0. The van der Waals surface area contributed by atoms with E-state index in [0.717, 1.165) is 5.56 Å². The summed E-state index contributed by atoms with van der Waals surface area (Å²) in [6.45, 7) is 1.90. The van der Waals surface area contributed by atoms with Gasteiger partial charge in [-0.3, -0.25) is 4.98 Å². The second-order valence-electron chi connectivity index (χ2n) is 4.76. The molecular weight excluding hydrogens is 288 g/mol. The molecule has 0 fully saturated rings. The topological polar surface area (TPSA) is 79.3 Å². The lowest BCUT2D eigenvalue weighted by molar-refractivity contribution is 0.199. The predicted molar refractivity (Wildman–Crippen MR) is 80.2 cm³/mol. The van der Waals surface area contributed by atoms with Crippen molar-refractivity contribution in [1.29, 1.82) is 0 Å². The van der Waals surface area contributed by atoms with Gasteiger partial charge in [0.2, 0.25) is 10.0 Å². The summed E-state index contributed by atoms with van der Waals surface area (Å²) < 4.78 is 26.9. The van der Waals surface area contributed by atoms with Crippen molar-refractivity contribution in [1.82, 2.24) is 9.71 Å². The molecule has 1 unspecified atom stereocenters. The van der Waals surface area contributed by atoms with Gasteiger partial charge in [0, 0.05) is 18.9 Å². The molecule has 0 saturated heterocycles. The number of pyridine rings is 1. The lowest BCUT2D eigenvalue weighted by Gasteiger charge is -2.09. The van der Waals surface area contributed by atoms with E-state index in [1.807, 2.05) is 12.1 Å². The highest BCUT2D eigenvalue weighted by atomic mass is 32.2. The quantitative estimate of drug-likeness (QED) is 0.850. The van der Waals surface area contributed by atoms with Crippen molar-refractivity contribution in [2.24, 2.45) is 0 Å². The number of hydrogen-bond acceptors (Lipinski definition) is 4. The summed E-state index contributed by atoms with van der Waals surface area (Å²) in [6.07, 6.45) is 3.26. The molecule has 2 aromatic rings. The van der Waals surface area contributed by atoms with Gasteiger partial charge in [-0.2, -0.15) is 0 Å². The maximum atomic E-state index is 12.2. The molecular formula is C15H18N2O3S. The highest BCUT2D eigenvalue weighted by Crippen LogP contribution is 2.17. The maximum Gasteiger partial charge on any atom is 0.240 e. The Morgan fingerprint density at radius 2 is 2.10 bits per heavy atom. The van der Waals surface area contributed by atoms with Gasteiger partial charge >= 0.3 is 0 Å². The van der Waals surface area contributed by atoms with Crippen LogP contribution in [-0.4, -0.2) is 25.1 Å². The monoisotopic (exact) mass is 306 g/mol. The third kappa shape index (κ3) is 4.35. The molecule has 1 aromatic heterocycles. The molecule has 5 nitrogen and oxygen atoms in total. The lowest BCUT2D eigenvalue weighted by atomic mass is 10.1. The first kappa shape index (κ1) is 15.6. The third-order valence-electron chi connectivity index (χ3n) is 3.08. The standard InChI is InChI=1S/C15H18N2O3S/c1-12(18)14-5-2-6-15(10-14)21(19,20)17-9-7-13-4-3-8-16-11-13/h2-6,8,10-12,17-18H,7,9H2,1H3. The average Bonchev–Trinajstić information content (AvgIpc) is 2.48. The molecule has 1 heterocycles. The van der Waals surface area contributed by atoms with Gasteiger partial charge in [0.05, 0.1) is 11.0 Å². The zero-order valence-electron chi connectivity index (χ0n) is 11.7. The predicted octanol–water partition coefficient (Wildman–Crippen LogP) is 1.66. The second kappa shape index (κ2) is 6.80. The Labute approximate surface area is 124 Å². The van der Waals surface area contributed by atoms with E-state index in [2.05, 4.69) is 9.71 Å². The van der Waals surface area contributed by atoms with E-state index >= 15 is 0 Å². The van der Waals surface area contributed by atoms with Gasteiger partial charge in [0.15, 0.2) is 0 Å². The fourth-order valence-corrected chi connectivity index (χ4v) is 2.99. The van der Waals surface area contributed by atoms with Crippen LogP contribution in [0.15, 0.2) is 53.7 Å². The summed E-state index contributed by atoms with van der Waals surface area (Å²) in [4.78, 5) is 4.14. The molecule has 0 spiro atoms. The number of aliphatic hydroxyl groups is 1. The number of benzene rings is 1. The summed E-state index contributed by atoms with van der Waals surface area (Å²) >= 11 is 0. The van der Waals surface area contributed by atoms with E-state index in [0.29, 0.717) is 18.5 Å². The zero-order valence-corrected chi connectivity index (χ0v) is 12.5. The molecule has 0 aliphatic carbocycles. The van der Waals surface area contributed by atoms with Crippen LogP contribution in [-0.2, 0) is 16.4 Å². The van der Waals surface area contributed by atoms with Gasteiger partial charge in [0.25, 0.3) is 0 Å². The number of nitrogens with zero attached hydrogens (tertiary/aromatic N) is 1. The van der Waals surface area contributed by atoms with E-state index in [1.54, 1.807) is 31.5 Å². The van der Waals surface area contributed by atoms with E-state index in [9.17, 15) is 13.5 Å². The Morgan fingerprint density at radius 3 is 2.76 bits per heavy atom. The molecule has 0 bridgehead atoms. The number of hydrogen-bond donors (Lipinski definition) is 2. The minimum atomic E-state index is -3.57. The minimum absolute atomic E-state index is 0.159. The molecule has 2 rings (SSSR count). The SMILES string of the molecule is CC(O)c1cccc(S(=O)(=O)NCCc2cccnc2)c1. The Balaban J connectivity index is 2.03. The van der Waals surface area contributed by atoms with Gasteiger partial charge in [-0.1, -0.05) is 18.2 Å². The first-order valence-corrected chi connectivity index (χ1v) is 8.14.